The van der Waals surface area contributed by atoms with Gasteiger partial charge in [-0.2, -0.15) is 9.97 Å². The van der Waals surface area contributed by atoms with Crippen LogP contribution in [0.2, 0.25) is 0 Å². The summed E-state index contributed by atoms with van der Waals surface area (Å²) in [7, 11) is 0. The molecule has 4 N–H and O–H groups in total. The first-order valence-electron chi connectivity index (χ1n) is 8.81. The van der Waals surface area contributed by atoms with E-state index in [0.29, 0.717) is 30.3 Å². The third kappa shape index (κ3) is 5.24. The van der Waals surface area contributed by atoms with Gasteiger partial charge in [0.15, 0.2) is 0 Å². The van der Waals surface area contributed by atoms with Crippen LogP contribution in [-0.2, 0) is 24.1 Å². The Balaban J connectivity index is 1.76. The van der Waals surface area contributed by atoms with Crippen LogP contribution in [0.15, 0.2) is 42.1 Å². The maximum absolute atomic E-state index is 12.4. The molecule has 0 saturated heterocycles. The minimum absolute atomic E-state index is 0.248. The standard InChI is InChI=1S/C18H22N8O/c1-3-14-20-17(25-23-14)19-13(10-12-8-6-5-7-9-12)11-16(27)22-18-21-15(4-2)24-26-18/h5-9,11H,3-4,10H2,1-2H3,(H2,19,20,23,25)(H2,21,22,24,26,27)/b13-11-. The van der Waals surface area contributed by atoms with Gasteiger partial charge in [0.1, 0.15) is 11.6 Å². The molecular formula is C18H22N8O. The van der Waals surface area contributed by atoms with E-state index in [9.17, 15) is 4.79 Å². The monoisotopic (exact) mass is 366 g/mol. The Morgan fingerprint density at radius 3 is 2.11 bits per heavy atom. The Morgan fingerprint density at radius 1 is 0.963 bits per heavy atom. The number of aromatic nitrogens is 6. The van der Waals surface area contributed by atoms with Crippen LogP contribution in [0.5, 0.6) is 0 Å². The summed E-state index contributed by atoms with van der Waals surface area (Å²) in [6.07, 6.45) is 3.46. The predicted octanol–water partition coefficient (Wildman–Crippen LogP) is 2.22. The van der Waals surface area contributed by atoms with Crippen molar-refractivity contribution < 1.29 is 4.79 Å². The number of nitrogens with one attached hydrogen (secondary N) is 4. The molecule has 2 aromatic heterocycles. The van der Waals surface area contributed by atoms with Crippen LogP contribution in [0.25, 0.3) is 0 Å². The molecule has 27 heavy (non-hydrogen) atoms. The van der Waals surface area contributed by atoms with E-state index in [-0.39, 0.29) is 11.9 Å². The normalized spacial score (nSPS) is 11.4. The number of hydrogen-bond donors (Lipinski definition) is 4. The van der Waals surface area contributed by atoms with Crippen molar-refractivity contribution in [3.05, 3.63) is 59.3 Å². The van der Waals surface area contributed by atoms with E-state index in [1.54, 1.807) is 0 Å². The lowest BCUT2D eigenvalue weighted by Crippen LogP contribution is -2.14. The van der Waals surface area contributed by atoms with Crippen LogP contribution in [0, 0.1) is 0 Å². The van der Waals surface area contributed by atoms with Gasteiger partial charge in [0.25, 0.3) is 5.91 Å². The van der Waals surface area contributed by atoms with Gasteiger partial charge in [-0.05, 0) is 5.56 Å². The highest BCUT2D eigenvalue weighted by Crippen LogP contribution is 2.11. The molecule has 0 saturated carbocycles. The Kier molecular flexibility index (Phi) is 5.93. The van der Waals surface area contributed by atoms with Crippen molar-refractivity contribution >= 4 is 17.8 Å². The van der Waals surface area contributed by atoms with Gasteiger partial charge in [-0.3, -0.25) is 20.3 Å². The Labute approximate surface area is 156 Å². The van der Waals surface area contributed by atoms with Crippen molar-refractivity contribution in [1.29, 1.82) is 0 Å². The lowest BCUT2D eigenvalue weighted by molar-refractivity contribution is -0.112. The second-order valence-electron chi connectivity index (χ2n) is 5.86. The van der Waals surface area contributed by atoms with Gasteiger partial charge >= 0.3 is 0 Å². The summed E-state index contributed by atoms with van der Waals surface area (Å²) in [5, 5.41) is 19.5. The smallest absolute Gasteiger partial charge is 0.252 e. The van der Waals surface area contributed by atoms with Crippen molar-refractivity contribution in [3.8, 4) is 0 Å². The third-order valence-electron chi connectivity index (χ3n) is 3.78. The Bertz CT molecular complexity index is 912. The highest BCUT2D eigenvalue weighted by molar-refractivity contribution is 5.98. The predicted molar refractivity (Wildman–Crippen MR) is 102 cm³/mol. The number of hydrogen-bond acceptors (Lipinski definition) is 6. The molecule has 3 aromatic rings. The summed E-state index contributed by atoms with van der Waals surface area (Å²) < 4.78 is 0. The van der Waals surface area contributed by atoms with Crippen molar-refractivity contribution in [2.75, 3.05) is 10.6 Å². The number of carbonyl (C=O) groups excluding carboxylic acids is 1. The fraction of sp³-hybridized carbons (Fsp3) is 0.278. The highest BCUT2D eigenvalue weighted by atomic mass is 16.1. The van der Waals surface area contributed by atoms with Crippen LogP contribution in [-0.4, -0.2) is 36.3 Å². The SMILES string of the molecule is CCc1nc(NC(=O)/C=C(/Cc2ccccc2)Nc2n[nH]c(CC)n2)n[nH]1. The molecule has 1 amide bonds. The van der Waals surface area contributed by atoms with Crippen LogP contribution in [0.3, 0.4) is 0 Å². The molecule has 3 rings (SSSR count). The van der Waals surface area contributed by atoms with E-state index in [1.165, 1.54) is 6.08 Å². The molecular weight excluding hydrogens is 344 g/mol. The number of amides is 1. The number of H-pyrrole nitrogens is 2. The van der Waals surface area contributed by atoms with E-state index in [4.69, 9.17) is 0 Å². The summed E-state index contributed by atoms with van der Waals surface area (Å²) in [5.41, 5.74) is 1.72. The maximum Gasteiger partial charge on any atom is 0.252 e. The molecule has 0 radical (unpaired) electrons. The van der Waals surface area contributed by atoms with Crippen molar-refractivity contribution in [3.63, 3.8) is 0 Å². The zero-order valence-corrected chi connectivity index (χ0v) is 15.3. The third-order valence-corrected chi connectivity index (χ3v) is 3.78. The summed E-state index contributed by atoms with van der Waals surface area (Å²) in [4.78, 5) is 20.9. The lowest BCUT2D eigenvalue weighted by atomic mass is 10.1. The van der Waals surface area contributed by atoms with Crippen molar-refractivity contribution in [2.24, 2.45) is 0 Å². The molecule has 9 heteroatoms. The number of nitrogens with zero attached hydrogens (tertiary/aromatic N) is 4. The number of benzene rings is 1. The fourth-order valence-corrected chi connectivity index (χ4v) is 2.41. The van der Waals surface area contributed by atoms with Crippen molar-refractivity contribution in [1.82, 2.24) is 30.4 Å². The van der Waals surface area contributed by atoms with Gasteiger partial charge in [0, 0.05) is 31.0 Å². The molecule has 0 atom stereocenters. The molecule has 2 heterocycles. The van der Waals surface area contributed by atoms with E-state index in [2.05, 4.69) is 41.0 Å². The summed E-state index contributed by atoms with van der Waals surface area (Å²) >= 11 is 0. The average Bonchev–Trinajstić information content (AvgIpc) is 3.31. The number of carbonyl (C=O) groups is 1. The molecule has 0 spiro atoms. The zero-order valence-electron chi connectivity index (χ0n) is 15.3. The lowest BCUT2D eigenvalue weighted by Gasteiger charge is -2.08. The zero-order chi connectivity index (χ0) is 19.1. The molecule has 0 bridgehead atoms. The first-order valence-corrected chi connectivity index (χ1v) is 8.81. The molecule has 140 valence electrons. The van der Waals surface area contributed by atoms with E-state index < -0.39 is 0 Å². The largest absolute Gasteiger partial charge is 0.326 e. The van der Waals surface area contributed by atoms with Gasteiger partial charge in [-0.15, -0.1) is 10.2 Å². The fourth-order valence-electron chi connectivity index (χ4n) is 2.41. The molecule has 1 aromatic carbocycles. The number of aromatic amines is 2. The average molecular weight is 366 g/mol. The van der Waals surface area contributed by atoms with Crippen LogP contribution in [0.4, 0.5) is 11.9 Å². The van der Waals surface area contributed by atoms with Gasteiger partial charge in [0.2, 0.25) is 11.9 Å². The molecule has 9 nitrogen and oxygen atoms in total. The Hall–Kier alpha value is -3.49. The minimum Gasteiger partial charge on any atom is -0.326 e. The van der Waals surface area contributed by atoms with E-state index in [1.807, 2.05) is 44.2 Å². The number of aryl methyl sites for hydroxylation is 2. The van der Waals surface area contributed by atoms with Crippen LogP contribution in [0.1, 0.15) is 31.1 Å². The maximum atomic E-state index is 12.4. The van der Waals surface area contributed by atoms with Gasteiger partial charge in [-0.1, -0.05) is 44.2 Å². The Morgan fingerprint density at radius 2 is 1.56 bits per heavy atom. The molecule has 0 aliphatic heterocycles. The van der Waals surface area contributed by atoms with Crippen LogP contribution < -0.4 is 10.6 Å². The van der Waals surface area contributed by atoms with E-state index in [0.717, 1.165) is 17.8 Å². The van der Waals surface area contributed by atoms with Gasteiger partial charge < -0.3 is 5.32 Å². The number of allylic oxidation sites excluding steroid dienone is 1. The summed E-state index contributed by atoms with van der Waals surface area (Å²) in [6, 6.07) is 9.84. The van der Waals surface area contributed by atoms with Crippen LogP contribution >= 0.6 is 0 Å². The summed E-state index contributed by atoms with van der Waals surface area (Å²) in [6.45, 7) is 3.94. The first-order chi connectivity index (χ1) is 13.2. The minimum atomic E-state index is -0.332. The topological polar surface area (TPSA) is 124 Å². The second kappa shape index (κ2) is 8.75. The summed E-state index contributed by atoms with van der Waals surface area (Å²) in [5.74, 6) is 1.83. The molecule has 0 aliphatic rings. The van der Waals surface area contributed by atoms with Gasteiger partial charge in [-0.25, -0.2) is 0 Å². The second-order valence-corrected chi connectivity index (χ2v) is 5.86. The van der Waals surface area contributed by atoms with Gasteiger partial charge in [0.05, 0.1) is 0 Å². The molecule has 0 unspecified atom stereocenters. The molecule has 0 aliphatic carbocycles. The van der Waals surface area contributed by atoms with E-state index >= 15 is 0 Å². The molecule has 0 fully saturated rings. The quantitative estimate of drug-likeness (QED) is 0.453. The number of anilines is 2. The number of rotatable bonds is 8. The first kappa shape index (κ1) is 18.3. The van der Waals surface area contributed by atoms with Crippen molar-refractivity contribution in [2.45, 2.75) is 33.1 Å². The highest BCUT2D eigenvalue weighted by Gasteiger charge is 2.10.